The maximum atomic E-state index is 8.48. The second kappa shape index (κ2) is 5.11. The van der Waals surface area contributed by atoms with Gasteiger partial charge >= 0.3 is 0 Å². The number of fused-ring (bicyclic) bond motifs is 1. The second-order valence-electron chi connectivity index (χ2n) is 5.13. The number of nitrogens with one attached hydrogen (secondary N) is 1. The Bertz CT molecular complexity index is 438. The second-order valence-corrected chi connectivity index (χ2v) is 5.13. The lowest BCUT2D eigenvalue weighted by atomic mass is 9.82. The zero-order valence-electron chi connectivity index (χ0n) is 10.7. The molecule has 18 heavy (non-hydrogen) atoms. The molecule has 3 rings (SSSR count). The van der Waals surface area contributed by atoms with E-state index in [1.54, 1.807) is 0 Å². The number of aryl methyl sites for hydroxylation is 1. The molecule has 0 bridgehead atoms. The maximum absolute atomic E-state index is 8.48. The first-order valence-corrected chi connectivity index (χ1v) is 6.85. The average Bonchev–Trinajstić information content (AvgIpc) is 2.47. The number of ether oxygens (including phenoxy) is 1. The molecule has 3 nitrogen and oxygen atoms in total. The molecule has 0 spiro atoms. The van der Waals surface area contributed by atoms with Crippen LogP contribution >= 0.6 is 0 Å². The molecule has 1 saturated heterocycles. The van der Waals surface area contributed by atoms with Gasteiger partial charge in [0.1, 0.15) is 5.84 Å². The van der Waals surface area contributed by atoms with Crippen LogP contribution in [0.15, 0.2) is 24.3 Å². The zero-order chi connectivity index (χ0) is 12.4. The van der Waals surface area contributed by atoms with Crippen molar-refractivity contribution >= 4 is 5.84 Å². The molecule has 0 aromatic heterocycles. The molecule has 1 aliphatic carbocycles. The van der Waals surface area contributed by atoms with Crippen LogP contribution in [0.25, 0.3) is 0 Å². The fourth-order valence-corrected chi connectivity index (χ4v) is 3.06. The summed E-state index contributed by atoms with van der Waals surface area (Å²) >= 11 is 0. The van der Waals surface area contributed by atoms with Crippen LogP contribution in [0, 0.1) is 5.41 Å². The van der Waals surface area contributed by atoms with Crippen molar-refractivity contribution in [1.29, 1.82) is 5.41 Å². The molecular weight excluding hydrogens is 224 g/mol. The molecule has 1 N–H and O–H groups in total. The normalized spacial score (nSPS) is 23.6. The summed E-state index contributed by atoms with van der Waals surface area (Å²) in [7, 11) is 0. The van der Waals surface area contributed by atoms with Crippen molar-refractivity contribution in [2.75, 3.05) is 26.3 Å². The van der Waals surface area contributed by atoms with Crippen molar-refractivity contribution in [2.45, 2.75) is 25.2 Å². The number of morpholine rings is 1. The Balaban J connectivity index is 1.82. The summed E-state index contributed by atoms with van der Waals surface area (Å²) in [5, 5.41) is 8.48. The topological polar surface area (TPSA) is 36.3 Å². The van der Waals surface area contributed by atoms with E-state index >= 15 is 0 Å². The maximum Gasteiger partial charge on any atom is 0.104 e. The average molecular weight is 244 g/mol. The Morgan fingerprint density at radius 1 is 1.22 bits per heavy atom. The summed E-state index contributed by atoms with van der Waals surface area (Å²) in [5.74, 6) is 1.10. The van der Waals surface area contributed by atoms with E-state index < -0.39 is 0 Å². The Labute approximate surface area is 108 Å². The minimum Gasteiger partial charge on any atom is -0.378 e. The van der Waals surface area contributed by atoms with Crippen LogP contribution in [-0.4, -0.2) is 37.0 Å². The van der Waals surface area contributed by atoms with E-state index in [0.29, 0.717) is 5.92 Å². The third-order valence-electron chi connectivity index (χ3n) is 4.05. The van der Waals surface area contributed by atoms with Crippen LogP contribution in [0.2, 0.25) is 0 Å². The molecule has 1 atom stereocenters. The molecular formula is C15H20N2O. The Morgan fingerprint density at radius 2 is 2.00 bits per heavy atom. The summed E-state index contributed by atoms with van der Waals surface area (Å²) in [4.78, 5) is 2.19. The van der Waals surface area contributed by atoms with Crippen LogP contribution in [0.4, 0.5) is 0 Å². The number of amidine groups is 1. The Morgan fingerprint density at radius 3 is 2.83 bits per heavy atom. The zero-order valence-corrected chi connectivity index (χ0v) is 10.7. The molecule has 1 aromatic rings. The van der Waals surface area contributed by atoms with Crippen molar-refractivity contribution in [3.8, 4) is 0 Å². The molecule has 1 aromatic carbocycles. The van der Waals surface area contributed by atoms with E-state index in [1.165, 1.54) is 24.0 Å². The van der Waals surface area contributed by atoms with E-state index in [-0.39, 0.29) is 0 Å². The molecule has 3 heteroatoms. The highest BCUT2D eigenvalue weighted by atomic mass is 16.5. The first kappa shape index (κ1) is 11.7. The van der Waals surface area contributed by atoms with Crippen LogP contribution in [0.3, 0.4) is 0 Å². The van der Waals surface area contributed by atoms with Gasteiger partial charge in [-0.2, -0.15) is 0 Å². The number of rotatable bonds is 1. The minimum absolute atomic E-state index is 0.299. The monoisotopic (exact) mass is 244 g/mol. The highest BCUT2D eigenvalue weighted by Gasteiger charge is 2.27. The molecule has 0 saturated carbocycles. The van der Waals surface area contributed by atoms with E-state index in [2.05, 4.69) is 29.2 Å². The molecule has 96 valence electrons. The molecule has 1 aliphatic heterocycles. The van der Waals surface area contributed by atoms with Crippen LogP contribution in [0.5, 0.6) is 0 Å². The van der Waals surface area contributed by atoms with Gasteiger partial charge in [0.15, 0.2) is 0 Å². The molecule has 1 unspecified atom stereocenters. The van der Waals surface area contributed by atoms with E-state index in [4.69, 9.17) is 10.1 Å². The third kappa shape index (κ3) is 2.15. The van der Waals surface area contributed by atoms with Gasteiger partial charge in [0, 0.05) is 19.0 Å². The fourth-order valence-electron chi connectivity index (χ4n) is 3.06. The van der Waals surface area contributed by atoms with Crippen molar-refractivity contribution in [3.63, 3.8) is 0 Å². The van der Waals surface area contributed by atoms with E-state index in [1.807, 2.05) is 0 Å². The van der Waals surface area contributed by atoms with Gasteiger partial charge in [-0.3, -0.25) is 5.41 Å². The SMILES string of the molecule is N=C(C1CCCc2ccccc21)N1CCOCC1. The molecule has 1 heterocycles. The van der Waals surface area contributed by atoms with Gasteiger partial charge in [0.25, 0.3) is 0 Å². The van der Waals surface area contributed by atoms with Gasteiger partial charge in [-0.1, -0.05) is 24.3 Å². The summed E-state index contributed by atoms with van der Waals surface area (Å²) in [6, 6.07) is 8.63. The highest BCUT2D eigenvalue weighted by Crippen LogP contribution is 2.33. The number of benzene rings is 1. The van der Waals surface area contributed by atoms with Gasteiger partial charge < -0.3 is 9.64 Å². The summed E-state index contributed by atoms with van der Waals surface area (Å²) in [6.45, 7) is 3.27. The molecule has 1 fully saturated rings. The van der Waals surface area contributed by atoms with Gasteiger partial charge in [-0.25, -0.2) is 0 Å². The fraction of sp³-hybridized carbons (Fsp3) is 0.533. The van der Waals surface area contributed by atoms with Gasteiger partial charge in [-0.05, 0) is 30.4 Å². The van der Waals surface area contributed by atoms with Crippen LogP contribution < -0.4 is 0 Å². The Hall–Kier alpha value is -1.35. The highest BCUT2D eigenvalue weighted by molar-refractivity contribution is 5.87. The molecule has 0 radical (unpaired) electrons. The van der Waals surface area contributed by atoms with Gasteiger partial charge in [-0.15, -0.1) is 0 Å². The summed E-state index contributed by atoms with van der Waals surface area (Å²) in [6.07, 6.45) is 3.49. The number of nitrogens with zero attached hydrogens (tertiary/aromatic N) is 1. The lowest BCUT2D eigenvalue weighted by Crippen LogP contribution is -2.43. The minimum atomic E-state index is 0.299. The smallest absolute Gasteiger partial charge is 0.104 e. The van der Waals surface area contributed by atoms with Crippen LogP contribution in [-0.2, 0) is 11.2 Å². The largest absolute Gasteiger partial charge is 0.378 e. The first-order valence-electron chi connectivity index (χ1n) is 6.85. The summed E-state index contributed by atoms with van der Waals surface area (Å²) < 4.78 is 5.37. The van der Waals surface area contributed by atoms with Gasteiger partial charge in [0.2, 0.25) is 0 Å². The molecule has 0 amide bonds. The quantitative estimate of drug-likeness (QED) is 0.608. The van der Waals surface area contributed by atoms with Gasteiger partial charge in [0.05, 0.1) is 13.2 Å². The standard InChI is InChI=1S/C15H20N2O/c16-15(17-8-10-18-11-9-17)14-7-3-5-12-4-1-2-6-13(12)14/h1-2,4,6,14,16H,3,5,7-11H2. The van der Waals surface area contributed by atoms with Crippen molar-refractivity contribution in [3.05, 3.63) is 35.4 Å². The number of hydrogen-bond donors (Lipinski definition) is 1. The summed E-state index contributed by atoms with van der Waals surface area (Å²) in [5.41, 5.74) is 2.81. The van der Waals surface area contributed by atoms with E-state index in [9.17, 15) is 0 Å². The lowest BCUT2D eigenvalue weighted by Gasteiger charge is -2.35. The van der Waals surface area contributed by atoms with Crippen molar-refractivity contribution in [1.82, 2.24) is 4.90 Å². The predicted octanol–water partition coefficient (Wildman–Crippen LogP) is 2.42. The third-order valence-corrected chi connectivity index (χ3v) is 4.05. The van der Waals surface area contributed by atoms with Crippen molar-refractivity contribution < 1.29 is 4.74 Å². The van der Waals surface area contributed by atoms with Crippen molar-refractivity contribution in [2.24, 2.45) is 0 Å². The Kier molecular flexibility index (Phi) is 3.33. The predicted molar refractivity (Wildman–Crippen MR) is 72.2 cm³/mol. The van der Waals surface area contributed by atoms with Crippen LogP contribution in [0.1, 0.15) is 29.9 Å². The number of hydrogen-bond acceptors (Lipinski definition) is 2. The van der Waals surface area contributed by atoms with E-state index in [0.717, 1.165) is 38.6 Å². The molecule has 2 aliphatic rings. The lowest BCUT2D eigenvalue weighted by molar-refractivity contribution is 0.0662. The first-order chi connectivity index (χ1) is 8.86.